The molecule has 0 bridgehead atoms. The monoisotopic (exact) mass is 350 g/mol. The lowest BCUT2D eigenvalue weighted by Crippen LogP contribution is -2.05. The van der Waals surface area contributed by atoms with E-state index in [1.54, 1.807) is 13.4 Å². The molecule has 0 saturated carbocycles. The normalized spacial score (nSPS) is 10.3. The summed E-state index contributed by atoms with van der Waals surface area (Å²) in [4.78, 5) is 8.64. The molecule has 2 N–H and O–H groups in total. The number of benzene rings is 1. The molecule has 2 rings (SSSR count). The minimum absolute atomic E-state index is 0.799. The Morgan fingerprint density at radius 1 is 1.24 bits per heavy atom. The smallest absolute Gasteiger partial charge is 0.139 e. The fourth-order valence-electron chi connectivity index (χ4n) is 2.10. The highest BCUT2D eigenvalue weighted by Crippen LogP contribution is 2.30. The summed E-state index contributed by atoms with van der Waals surface area (Å²) in [6.45, 7) is 2.14. The summed E-state index contributed by atoms with van der Waals surface area (Å²) < 4.78 is 6.14. The van der Waals surface area contributed by atoms with E-state index in [4.69, 9.17) is 4.74 Å². The zero-order chi connectivity index (χ0) is 15.2. The van der Waals surface area contributed by atoms with Crippen molar-refractivity contribution in [3.63, 3.8) is 0 Å². The molecule has 21 heavy (non-hydrogen) atoms. The van der Waals surface area contributed by atoms with Crippen LogP contribution in [0.1, 0.15) is 18.9 Å². The van der Waals surface area contributed by atoms with Crippen LogP contribution in [0.2, 0.25) is 0 Å². The number of hydrogen-bond acceptors (Lipinski definition) is 5. The summed E-state index contributed by atoms with van der Waals surface area (Å²) in [7, 11) is 3.52. The molecule has 5 nitrogen and oxygen atoms in total. The minimum atomic E-state index is 0.799. The van der Waals surface area contributed by atoms with E-state index in [2.05, 4.69) is 43.5 Å². The van der Waals surface area contributed by atoms with Gasteiger partial charge in [0.25, 0.3) is 0 Å². The Balaban J connectivity index is 2.32. The van der Waals surface area contributed by atoms with E-state index < -0.39 is 0 Å². The third-order valence-corrected chi connectivity index (χ3v) is 3.72. The first kappa shape index (κ1) is 15.6. The molecule has 1 aromatic heterocycles. The van der Waals surface area contributed by atoms with E-state index in [0.717, 1.165) is 46.0 Å². The number of methoxy groups -OCH3 is 1. The fraction of sp³-hybridized carbons (Fsp3) is 0.333. The summed E-state index contributed by atoms with van der Waals surface area (Å²) >= 11 is 3.49. The van der Waals surface area contributed by atoms with Gasteiger partial charge in [0.15, 0.2) is 0 Å². The Bertz CT molecular complexity index is 619. The summed E-state index contributed by atoms with van der Waals surface area (Å²) in [5.41, 5.74) is 2.04. The first-order valence-corrected chi connectivity index (χ1v) is 7.61. The molecule has 2 aromatic rings. The number of halogens is 1. The van der Waals surface area contributed by atoms with Crippen molar-refractivity contribution in [3.8, 4) is 5.75 Å². The van der Waals surface area contributed by atoms with Gasteiger partial charge in [0.1, 0.15) is 23.7 Å². The van der Waals surface area contributed by atoms with Gasteiger partial charge in [0.05, 0.1) is 11.6 Å². The quantitative estimate of drug-likeness (QED) is 0.824. The SMILES string of the molecule is CCCc1c(NC)ncnc1Nc1ccc(OC)c(Br)c1. The number of rotatable bonds is 6. The molecule has 0 unspecified atom stereocenters. The largest absolute Gasteiger partial charge is 0.496 e. The van der Waals surface area contributed by atoms with Crippen LogP contribution >= 0.6 is 15.9 Å². The molecule has 6 heteroatoms. The van der Waals surface area contributed by atoms with Gasteiger partial charge in [-0.1, -0.05) is 13.3 Å². The number of ether oxygens (including phenoxy) is 1. The fourth-order valence-corrected chi connectivity index (χ4v) is 2.64. The first-order chi connectivity index (χ1) is 10.2. The molecule has 0 saturated heterocycles. The highest BCUT2D eigenvalue weighted by Gasteiger charge is 2.10. The van der Waals surface area contributed by atoms with Crippen LogP contribution in [0.4, 0.5) is 17.3 Å². The van der Waals surface area contributed by atoms with Crippen molar-refractivity contribution in [3.05, 3.63) is 34.6 Å². The molecule has 0 aliphatic heterocycles. The summed E-state index contributed by atoms with van der Waals surface area (Å²) in [6, 6.07) is 5.84. The molecule has 0 atom stereocenters. The Morgan fingerprint density at radius 3 is 2.62 bits per heavy atom. The molecule has 112 valence electrons. The lowest BCUT2D eigenvalue weighted by atomic mass is 10.1. The lowest BCUT2D eigenvalue weighted by Gasteiger charge is -2.14. The average Bonchev–Trinajstić information content (AvgIpc) is 2.49. The van der Waals surface area contributed by atoms with Gasteiger partial charge in [-0.15, -0.1) is 0 Å². The molecule has 1 heterocycles. The topological polar surface area (TPSA) is 59.1 Å². The van der Waals surface area contributed by atoms with E-state index in [9.17, 15) is 0 Å². The molecule has 0 amide bonds. The first-order valence-electron chi connectivity index (χ1n) is 6.81. The van der Waals surface area contributed by atoms with Gasteiger partial charge in [0.2, 0.25) is 0 Å². The van der Waals surface area contributed by atoms with Gasteiger partial charge >= 0.3 is 0 Å². The van der Waals surface area contributed by atoms with Gasteiger partial charge < -0.3 is 15.4 Å². The van der Waals surface area contributed by atoms with Gasteiger partial charge in [-0.3, -0.25) is 0 Å². The van der Waals surface area contributed by atoms with Crippen molar-refractivity contribution in [2.75, 3.05) is 24.8 Å². The van der Waals surface area contributed by atoms with Crippen LogP contribution in [0.5, 0.6) is 5.75 Å². The van der Waals surface area contributed by atoms with Crippen LogP contribution in [-0.4, -0.2) is 24.1 Å². The maximum atomic E-state index is 5.24. The molecule has 0 fully saturated rings. The molecule has 0 spiro atoms. The maximum absolute atomic E-state index is 5.24. The second-order valence-corrected chi connectivity index (χ2v) is 5.38. The summed E-state index contributed by atoms with van der Waals surface area (Å²) in [6.07, 6.45) is 3.51. The lowest BCUT2D eigenvalue weighted by molar-refractivity contribution is 0.412. The van der Waals surface area contributed by atoms with Crippen LogP contribution in [0, 0.1) is 0 Å². The van der Waals surface area contributed by atoms with E-state index >= 15 is 0 Å². The van der Waals surface area contributed by atoms with Crippen molar-refractivity contribution < 1.29 is 4.74 Å². The minimum Gasteiger partial charge on any atom is -0.496 e. The van der Waals surface area contributed by atoms with E-state index in [-0.39, 0.29) is 0 Å². The van der Waals surface area contributed by atoms with Crippen molar-refractivity contribution in [2.45, 2.75) is 19.8 Å². The Hall–Kier alpha value is -1.82. The van der Waals surface area contributed by atoms with Crippen molar-refractivity contribution in [1.82, 2.24) is 9.97 Å². The maximum Gasteiger partial charge on any atom is 0.139 e. The Morgan fingerprint density at radius 2 is 2.00 bits per heavy atom. The van der Waals surface area contributed by atoms with Crippen LogP contribution in [0.3, 0.4) is 0 Å². The summed E-state index contributed by atoms with van der Waals surface area (Å²) in [5.74, 6) is 2.49. The van der Waals surface area contributed by atoms with Crippen molar-refractivity contribution in [2.24, 2.45) is 0 Å². The molecule has 0 aliphatic carbocycles. The third kappa shape index (κ3) is 3.64. The number of hydrogen-bond donors (Lipinski definition) is 2. The zero-order valence-electron chi connectivity index (χ0n) is 12.4. The van der Waals surface area contributed by atoms with E-state index in [0.29, 0.717) is 0 Å². The van der Waals surface area contributed by atoms with Gasteiger partial charge in [-0.25, -0.2) is 9.97 Å². The van der Waals surface area contributed by atoms with E-state index in [1.807, 2.05) is 25.2 Å². The predicted octanol–water partition coefficient (Wildman–Crippen LogP) is 3.99. The van der Waals surface area contributed by atoms with Crippen LogP contribution in [0.15, 0.2) is 29.0 Å². The molecule has 0 radical (unpaired) electrons. The zero-order valence-corrected chi connectivity index (χ0v) is 14.0. The number of nitrogens with one attached hydrogen (secondary N) is 2. The number of anilines is 3. The van der Waals surface area contributed by atoms with Gasteiger partial charge in [-0.05, 0) is 40.5 Å². The Kier molecular flexibility index (Phi) is 5.38. The third-order valence-electron chi connectivity index (χ3n) is 3.10. The number of aromatic nitrogens is 2. The van der Waals surface area contributed by atoms with E-state index in [1.165, 1.54) is 0 Å². The Labute approximate surface area is 133 Å². The van der Waals surface area contributed by atoms with Crippen LogP contribution in [0.25, 0.3) is 0 Å². The summed E-state index contributed by atoms with van der Waals surface area (Å²) in [5, 5.41) is 6.46. The molecular weight excluding hydrogens is 332 g/mol. The predicted molar refractivity (Wildman–Crippen MR) is 89.6 cm³/mol. The average molecular weight is 351 g/mol. The highest BCUT2D eigenvalue weighted by molar-refractivity contribution is 9.10. The molecule has 1 aromatic carbocycles. The number of nitrogens with zero attached hydrogens (tertiary/aromatic N) is 2. The molecule has 0 aliphatic rings. The highest BCUT2D eigenvalue weighted by atomic mass is 79.9. The van der Waals surface area contributed by atoms with Gasteiger partial charge in [0, 0.05) is 18.3 Å². The molecular formula is C15H19BrN4O. The van der Waals surface area contributed by atoms with Crippen LogP contribution in [-0.2, 0) is 6.42 Å². The van der Waals surface area contributed by atoms with Crippen LogP contribution < -0.4 is 15.4 Å². The standard InChI is InChI=1S/C15H19BrN4O/c1-4-5-11-14(17-2)18-9-19-15(11)20-10-6-7-13(21-3)12(16)8-10/h6-9H,4-5H2,1-3H3,(H2,17,18,19,20). The second kappa shape index (κ2) is 7.26. The van der Waals surface area contributed by atoms with Crippen molar-refractivity contribution in [1.29, 1.82) is 0 Å². The van der Waals surface area contributed by atoms with Gasteiger partial charge in [-0.2, -0.15) is 0 Å². The second-order valence-electron chi connectivity index (χ2n) is 4.52. The van der Waals surface area contributed by atoms with Crippen molar-refractivity contribution >= 4 is 33.3 Å².